The Bertz CT molecular complexity index is 640. The van der Waals surface area contributed by atoms with Crippen molar-refractivity contribution in [2.24, 2.45) is 5.92 Å². The van der Waals surface area contributed by atoms with Crippen LogP contribution in [0.25, 0.3) is 0 Å². The fraction of sp³-hybridized carbons (Fsp3) is 0.722. The summed E-state index contributed by atoms with van der Waals surface area (Å²) in [6.45, 7) is 9.89. The SMILES string of the molecule is CCN1CC(COC(=O)c2cc(C3CC3)n(C(C)(C)C)n2)CC1=O. The van der Waals surface area contributed by atoms with Crippen LogP contribution < -0.4 is 0 Å². The molecule has 0 aromatic carbocycles. The van der Waals surface area contributed by atoms with E-state index in [1.165, 1.54) is 0 Å². The summed E-state index contributed by atoms with van der Waals surface area (Å²) in [5.74, 6) is 0.367. The average Bonchev–Trinajstić information content (AvgIpc) is 3.14. The Labute approximate surface area is 143 Å². The number of esters is 1. The van der Waals surface area contributed by atoms with Gasteiger partial charge in [0.25, 0.3) is 0 Å². The molecule has 0 spiro atoms. The second-order valence-corrected chi connectivity index (χ2v) is 7.91. The fourth-order valence-corrected chi connectivity index (χ4v) is 3.24. The van der Waals surface area contributed by atoms with Gasteiger partial charge in [0, 0.05) is 37.0 Å². The number of aromatic nitrogens is 2. The molecule has 1 aromatic rings. The monoisotopic (exact) mass is 333 g/mol. The van der Waals surface area contributed by atoms with Crippen molar-refractivity contribution < 1.29 is 14.3 Å². The average molecular weight is 333 g/mol. The van der Waals surface area contributed by atoms with Crippen molar-refractivity contribution in [1.82, 2.24) is 14.7 Å². The van der Waals surface area contributed by atoms with Crippen LogP contribution in [0, 0.1) is 5.92 Å². The third-order valence-electron chi connectivity index (χ3n) is 4.70. The van der Waals surface area contributed by atoms with Crippen molar-refractivity contribution in [3.63, 3.8) is 0 Å². The normalized spacial score (nSPS) is 21.4. The molecule has 0 N–H and O–H groups in total. The number of likely N-dealkylation sites (tertiary alicyclic amines) is 1. The summed E-state index contributed by atoms with van der Waals surface area (Å²) in [5, 5.41) is 4.50. The molecule has 6 heteroatoms. The van der Waals surface area contributed by atoms with E-state index in [1.807, 2.05) is 17.7 Å². The second kappa shape index (κ2) is 6.22. The zero-order valence-electron chi connectivity index (χ0n) is 15.0. The molecular formula is C18H27N3O3. The van der Waals surface area contributed by atoms with Crippen LogP contribution in [0.4, 0.5) is 0 Å². The Morgan fingerprint density at radius 2 is 2.08 bits per heavy atom. The Balaban J connectivity index is 1.64. The second-order valence-electron chi connectivity index (χ2n) is 7.91. The number of carbonyl (C=O) groups excluding carboxylic acids is 2. The highest BCUT2D eigenvalue weighted by molar-refractivity contribution is 5.87. The van der Waals surface area contributed by atoms with Crippen molar-refractivity contribution in [1.29, 1.82) is 0 Å². The number of rotatable bonds is 5. The van der Waals surface area contributed by atoms with E-state index in [-0.39, 0.29) is 29.9 Å². The molecule has 1 atom stereocenters. The first-order chi connectivity index (χ1) is 11.3. The molecule has 0 bridgehead atoms. The van der Waals surface area contributed by atoms with Crippen molar-refractivity contribution in [3.8, 4) is 0 Å². The molecule has 2 aliphatic rings. The number of hydrogen-bond donors (Lipinski definition) is 0. The van der Waals surface area contributed by atoms with Crippen LogP contribution >= 0.6 is 0 Å². The standard InChI is InChI=1S/C18H27N3O3/c1-5-20-10-12(8-16(20)22)11-24-17(23)14-9-15(13-6-7-13)21(19-14)18(2,3)4/h9,12-13H,5-8,10-11H2,1-4H3. The Kier molecular flexibility index (Phi) is 4.40. The summed E-state index contributed by atoms with van der Waals surface area (Å²) < 4.78 is 7.40. The minimum atomic E-state index is -0.387. The molecule has 1 amide bonds. The highest BCUT2D eigenvalue weighted by Crippen LogP contribution is 2.41. The van der Waals surface area contributed by atoms with E-state index in [4.69, 9.17) is 4.74 Å². The first-order valence-corrected chi connectivity index (χ1v) is 8.85. The zero-order chi connectivity index (χ0) is 17.5. The highest BCUT2D eigenvalue weighted by atomic mass is 16.5. The predicted molar refractivity (Wildman–Crippen MR) is 89.8 cm³/mol. The van der Waals surface area contributed by atoms with Crippen LogP contribution in [0.3, 0.4) is 0 Å². The van der Waals surface area contributed by atoms with Gasteiger partial charge in [0.05, 0.1) is 12.1 Å². The lowest BCUT2D eigenvalue weighted by atomic mass is 10.1. The molecule has 0 radical (unpaired) electrons. The van der Waals surface area contributed by atoms with Gasteiger partial charge in [-0.3, -0.25) is 9.48 Å². The van der Waals surface area contributed by atoms with Gasteiger partial charge in [-0.1, -0.05) is 0 Å². The minimum absolute atomic E-state index is 0.0917. The van der Waals surface area contributed by atoms with Crippen LogP contribution in [-0.2, 0) is 15.1 Å². The van der Waals surface area contributed by atoms with Gasteiger partial charge >= 0.3 is 5.97 Å². The molecule has 1 saturated carbocycles. The van der Waals surface area contributed by atoms with Crippen LogP contribution in [-0.4, -0.2) is 46.3 Å². The molecule has 1 unspecified atom stereocenters. The molecule has 24 heavy (non-hydrogen) atoms. The van der Waals surface area contributed by atoms with E-state index in [2.05, 4.69) is 25.9 Å². The zero-order valence-corrected chi connectivity index (χ0v) is 15.0. The summed E-state index contributed by atoms with van der Waals surface area (Å²) >= 11 is 0. The number of ether oxygens (including phenoxy) is 1. The maximum atomic E-state index is 12.4. The van der Waals surface area contributed by atoms with Gasteiger partial charge in [-0.25, -0.2) is 4.79 Å². The predicted octanol–water partition coefficient (Wildman–Crippen LogP) is 2.54. The number of nitrogens with zero attached hydrogens (tertiary/aromatic N) is 3. The van der Waals surface area contributed by atoms with Gasteiger partial charge in [0.15, 0.2) is 5.69 Å². The van der Waals surface area contributed by atoms with E-state index in [0.717, 1.165) is 18.5 Å². The third kappa shape index (κ3) is 3.47. The van der Waals surface area contributed by atoms with Crippen molar-refractivity contribution in [3.05, 3.63) is 17.5 Å². The molecule has 6 nitrogen and oxygen atoms in total. The largest absolute Gasteiger partial charge is 0.461 e. The Morgan fingerprint density at radius 3 is 2.62 bits per heavy atom. The first-order valence-electron chi connectivity index (χ1n) is 8.85. The van der Waals surface area contributed by atoms with Gasteiger partial charge in [-0.2, -0.15) is 5.10 Å². The lowest BCUT2D eigenvalue weighted by Crippen LogP contribution is -2.26. The van der Waals surface area contributed by atoms with Gasteiger partial charge < -0.3 is 9.64 Å². The van der Waals surface area contributed by atoms with E-state index in [9.17, 15) is 9.59 Å². The van der Waals surface area contributed by atoms with Crippen molar-refractivity contribution in [2.75, 3.05) is 19.7 Å². The van der Waals surface area contributed by atoms with E-state index in [0.29, 0.717) is 31.1 Å². The minimum Gasteiger partial charge on any atom is -0.461 e. The van der Waals surface area contributed by atoms with Crippen LogP contribution in [0.2, 0.25) is 0 Å². The van der Waals surface area contributed by atoms with Crippen LogP contribution in [0.5, 0.6) is 0 Å². The molecule has 1 saturated heterocycles. The summed E-state index contributed by atoms with van der Waals surface area (Å²) in [6, 6.07) is 1.88. The van der Waals surface area contributed by atoms with Crippen LogP contribution in [0.15, 0.2) is 6.07 Å². The summed E-state index contributed by atoms with van der Waals surface area (Å²) in [4.78, 5) is 25.9. The van der Waals surface area contributed by atoms with Crippen LogP contribution in [0.1, 0.15) is 69.1 Å². The highest BCUT2D eigenvalue weighted by Gasteiger charge is 2.33. The molecule has 3 rings (SSSR count). The third-order valence-corrected chi connectivity index (χ3v) is 4.70. The topological polar surface area (TPSA) is 64.4 Å². The molecule has 1 aliphatic carbocycles. The molecule has 2 fully saturated rings. The van der Waals surface area contributed by atoms with Gasteiger partial charge in [0.1, 0.15) is 0 Å². The fourth-order valence-electron chi connectivity index (χ4n) is 3.24. The molecule has 1 aromatic heterocycles. The smallest absolute Gasteiger partial charge is 0.358 e. The lowest BCUT2D eigenvalue weighted by Gasteiger charge is -2.22. The quantitative estimate of drug-likeness (QED) is 0.777. The molecule has 1 aliphatic heterocycles. The Morgan fingerprint density at radius 1 is 1.38 bits per heavy atom. The van der Waals surface area contributed by atoms with E-state index >= 15 is 0 Å². The first kappa shape index (κ1) is 17.0. The van der Waals surface area contributed by atoms with Crippen molar-refractivity contribution >= 4 is 11.9 Å². The number of carbonyl (C=O) groups is 2. The summed E-state index contributed by atoms with van der Waals surface area (Å²) in [5.41, 5.74) is 1.35. The maximum Gasteiger partial charge on any atom is 0.358 e. The molecule has 132 valence electrons. The van der Waals surface area contributed by atoms with Gasteiger partial charge in [-0.15, -0.1) is 0 Å². The maximum absolute atomic E-state index is 12.4. The van der Waals surface area contributed by atoms with E-state index < -0.39 is 0 Å². The number of amides is 1. The van der Waals surface area contributed by atoms with E-state index in [1.54, 1.807) is 4.90 Å². The van der Waals surface area contributed by atoms with Gasteiger partial charge in [0.2, 0.25) is 5.91 Å². The molecular weight excluding hydrogens is 306 g/mol. The summed E-state index contributed by atoms with van der Waals surface area (Å²) in [6.07, 6.45) is 2.78. The number of hydrogen-bond acceptors (Lipinski definition) is 4. The lowest BCUT2D eigenvalue weighted by molar-refractivity contribution is -0.127. The van der Waals surface area contributed by atoms with Gasteiger partial charge in [-0.05, 0) is 46.6 Å². The Hall–Kier alpha value is -1.85. The summed E-state index contributed by atoms with van der Waals surface area (Å²) in [7, 11) is 0. The van der Waals surface area contributed by atoms with Crippen molar-refractivity contribution in [2.45, 2.75) is 58.4 Å². The molecule has 2 heterocycles.